The molecule has 170 valence electrons. The first kappa shape index (κ1) is 22.8. The predicted molar refractivity (Wildman–Crippen MR) is 127 cm³/mol. The third kappa shape index (κ3) is 4.67. The molecule has 32 heavy (non-hydrogen) atoms. The molecule has 2 fully saturated rings. The van der Waals surface area contributed by atoms with E-state index in [4.69, 9.17) is 10.7 Å². The zero-order valence-corrected chi connectivity index (χ0v) is 19.2. The van der Waals surface area contributed by atoms with Gasteiger partial charge in [0.05, 0.1) is 23.8 Å². The second-order valence-electron chi connectivity index (χ2n) is 8.93. The molecule has 0 unspecified atom stereocenters. The highest BCUT2D eigenvalue weighted by atomic mass is 32.2. The highest BCUT2D eigenvalue weighted by Crippen LogP contribution is 2.44. The number of aliphatic hydroxyl groups excluding tert-OH is 2. The van der Waals surface area contributed by atoms with E-state index in [1.54, 1.807) is 6.20 Å². The molecule has 0 spiro atoms. The monoisotopic (exact) mass is 454 g/mol. The fourth-order valence-electron chi connectivity index (χ4n) is 4.38. The minimum Gasteiger partial charge on any atom is -0.390 e. The minimum absolute atomic E-state index is 0.175. The summed E-state index contributed by atoms with van der Waals surface area (Å²) >= 11 is 1.50. The summed E-state index contributed by atoms with van der Waals surface area (Å²) < 4.78 is 0. The number of aliphatic hydroxyl groups is 2. The maximum absolute atomic E-state index is 12.1. The number of nitrogens with zero attached hydrogens (tertiary/aromatic N) is 3. The number of amides is 1. The molecule has 8 heteroatoms. The summed E-state index contributed by atoms with van der Waals surface area (Å²) in [5, 5.41) is 21.9. The van der Waals surface area contributed by atoms with Crippen LogP contribution in [-0.2, 0) is 11.3 Å². The number of rotatable bonds is 6. The molecule has 0 bridgehead atoms. The number of carbonyl (C=O) groups excluding carboxylic acids is 1. The van der Waals surface area contributed by atoms with Crippen LogP contribution in [0.15, 0.2) is 53.7 Å². The Labute approximate surface area is 192 Å². The van der Waals surface area contributed by atoms with Crippen LogP contribution in [-0.4, -0.2) is 61.2 Å². The van der Waals surface area contributed by atoms with Crippen LogP contribution in [0.5, 0.6) is 0 Å². The molecule has 4 N–H and O–H groups in total. The van der Waals surface area contributed by atoms with Crippen molar-refractivity contribution in [2.75, 3.05) is 6.54 Å². The van der Waals surface area contributed by atoms with Crippen LogP contribution in [0.4, 0.5) is 0 Å². The maximum atomic E-state index is 12.1. The topological polar surface area (TPSA) is 112 Å². The molecule has 1 aromatic carbocycles. The quantitative estimate of drug-likeness (QED) is 0.617. The van der Waals surface area contributed by atoms with Crippen molar-refractivity contribution in [2.45, 2.75) is 50.3 Å². The Bertz CT molecular complexity index is 967. The summed E-state index contributed by atoms with van der Waals surface area (Å²) in [5.74, 6) is -0.569. The Hall–Kier alpha value is -2.42. The summed E-state index contributed by atoms with van der Waals surface area (Å²) in [4.78, 5) is 23.3. The Balaban J connectivity index is 1.62. The van der Waals surface area contributed by atoms with E-state index < -0.39 is 30.1 Å². The zero-order chi connectivity index (χ0) is 22.8. The van der Waals surface area contributed by atoms with Crippen molar-refractivity contribution in [1.82, 2.24) is 9.88 Å². The van der Waals surface area contributed by atoms with Gasteiger partial charge < -0.3 is 20.8 Å². The van der Waals surface area contributed by atoms with Gasteiger partial charge in [-0.1, -0.05) is 55.9 Å². The van der Waals surface area contributed by atoms with Crippen molar-refractivity contribution in [2.24, 2.45) is 22.6 Å². The van der Waals surface area contributed by atoms with Crippen molar-refractivity contribution in [3.05, 3.63) is 54.2 Å². The van der Waals surface area contributed by atoms with Crippen molar-refractivity contribution < 1.29 is 15.0 Å². The van der Waals surface area contributed by atoms with E-state index in [0.29, 0.717) is 19.0 Å². The third-order valence-electron chi connectivity index (χ3n) is 6.04. The van der Waals surface area contributed by atoms with Gasteiger partial charge in [-0.05, 0) is 30.0 Å². The SMILES string of the molecule is CC(C)CN=C1S[C@H]2[C@@H]([C@@H](O)[C@H](O)C[C@@H]2C(N)=O)N1Cc1ccc(-c2ccccn2)cc1. The molecule has 1 aliphatic carbocycles. The van der Waals surface area contributed by atoms with Crippen molar-refractivity contribution in [3.63, 3.8) is 0 Å². The zero-order valence-electron chi connectivity index (χ0n) is 18.3. The second-order valence-corrected chi connectivity index (χ2v) is 10.1. The fourth-order valence-corrected chi connectivity index (χ4v) is 5.95. The van der Waals surface area contributed by atoms with Crippen molar-refractivity contribution in [1.29, 1.82) is 0 Å². The molecular weight excluding hydrogens is 424 g/mol. The lowest BCUT2D eigenvalue weighted by Crippen LogP contribution is -2.58. The van der Waals surface area contributed by atoms with E-state index in [1.165, 1.54) is 11.8 Å². The molecule has 2 aliphatic rings. The Kier molecular flexibility index (Phi) is 6.83. The van der Waals surface area contributed by atoms with Gasteiger partial charge in [-0.2, -0.15) is 0 Å². The van der Waals surface area contributed by atoms with Gasteiger partial charge >= 0.3 is 0 Å². The van der Waals surface area contributed by atoms with Crippen LogP contribution >= 0.6 is 11.8 Å². The van der Waals surface area contributed by atoms with E-state index in [1.807, 2.05) is 47.4 Å². The van der Waals surface area contributed by atoms with Gasteiger partial charge in [0.15, 0.2) is 5.17 Å². The molecule has 1 aromatic heterocycles. The second kappa shape index (κ2) is 9.60. The molecule has 1 saturated carbocycles. The number of hydrogen-bond donors (Lipinski definition) is 3. The lowest BCUT2D eigenvalue weighted by molar-refractivity contribution is -0.128. The predicted octanol–water partition coefficient (Wildman–Crippen LogP) is 2.27. The number of thioether (sulfide) groups is 1. The van der Waals surface area contributed by atoms with Gasteiger partial charge in [0.2, 0.25) is 5.91 Å². The highest BCUT2D eigenvalue weighted by molar-refractivity contribution is 8.14. The molecule has 1 saturated heterocycles. The van der Waals surface area contributed by atoms with Gasteiger partial charge in [-0.3, -0.25) is 14.8 Å². The first-order chi connectivity index (χ1) is 15.3. The van der Waals surface area contributed by atoms with Crippen LogP contribution in [0.2, 0.25) is 0 Å². The van der Waals surface area contributed by atoms with E-state index in [9.17, 15) is 15.0 Å². The summed E-state index contributed by atoms with van der Waals surface area (Å²) in [6.45, 7) is 5.37. The largest absolute Gasteiger partial charge is 0.390 e. The molecule has 1 amide bonds. The van der Waals surface area contributed by atoms with Crippen LogP contribution in [0.1, 0.15) is 25.8 Å². The smallest absolute Gasteiger partial charge is 0.221 e. The van der Waals surface area contributed by atoms with E-state index in [2.05, 4.69) is 18.8 Å². The van der Waals surface area contributed by atoms with E-state index >= 15 is 0 Å². The lowest BCUT2D eigenvalue weighted by Gasteiger charge is -2.41. The Morgan fingerprint density at radius 2 is 2.00 bits per heavy atom. The van der Waals surface area contributed by atoms with Crippen molar-refractivity contribution >= 4 is 22.8 Å². The molecule has 2 aromatic rings. The van der Waals surface area contributed by atoms with Gasteiger partial charge in [0.1, 0.15) is 6.10 Å². The molecule has 2 heterocycles. The summed E-state index contributed by atoms with van der Waals surface area (Å²) in [5.41, 5.74) is 8.64. The lowest BCUT2D eigenvalue weighted by atomic mass is 9.80. The Morgan fingerprint density at radius 1 is 1.25 bits per heavy atom. The number of hydrogen-bond acceptors (Lipinski definition) is 6. The number of primary amides is 1. The van der Waals surface area contributed by atoms with E-state index in [0.717, 1.165) is 22.0 Å². The molecule has 5 atom stereocenters. The number of fused-ring (bicyclic) bond motifs is 1. The summed E-state index contributed by atoms with van der Waals surface area (Å²) in [6.07, 6.45) is -0.0161. The number of amidine groups is 1. The average Bonchev–Trinajstić information content (AvgIpc) is 3.14. The van der Waals surface area contributed by atoms with E-state index in [-0.39, 0.29) is 11.7 Å². The minimum atomic E-state index is -0.993. The molecule has 4 rings (SSSR count). The molecule has 7 nitrogen and oxygen atoms in total. The third-order valence-corrected chi connectivity index (χ3v) is 7.50. The standard InChI is InChI=1S/C24H30N4O3S/c1-14(2)12-27-24-28(20-21(30)19(29)11-17(23(25)31)22(20)32-24)13-15-6-8-16(9-7-15)18-5-3-4-10-26-18/h3-10,14,17,19-22,29-30H,11-13H2,1-2H3,(H2,25,31)/t17-,19+,20+,21-,22+/m0/s1. The Morgan fingerprint density at radius 3 is 2.62 bits per heavy atom. The summed E-state index contributed by atoms with van der Waals surface area (Å²) in [7, 11) is 0. The van der Waals surface area contributed by atoms with Crippen LogP contribution in [0.25, 0.3) is 11.3 Å². The van der Waals surface area contributed by atoms with Crippen LogP contribution in [0.3, 0.4) is 0 Å². The number of nitrogens with two attached hydrogens (primary N) is 1. The van der Waals surface area contributed by atoms with Crippen molar-refractivity contribution in [3.8, 4) is 11.3 Å². The average molecular weight is 455 g/mol. The van der Waals surface area contributed by atoms with Gasteiger partial charge in [-0.25, -0.2) is 0 Å². The number of pyridine rings is 1. The number of aromatic nitrogens is 1. The number of carbonyl (C=O) groups is 1. The van der Waals surface area contributed by atoms with Gasteiger partial charge in [0.25, 0.3) is 0 Å². The van der Waals surface area contributed by atoms with Gasteiger partial charge in [0, 0.05) is 30.1 Å². The molecular formula is C24H30N4O3S. The highest BCUT2D eigenvalue weighted by Gasteiger charge is 2.54. The summed E-state index contributed by atoms with van der Waals surface area (Å²) in [6, 6.07) is 13.5. The molecule has 1 aliphatic heterocycles. The maximum Gasteiger partial charge on any atom is 0.221 e. The number of aliphatic imine (C=N–C) groups is 1. The first-order valence-electron chi connectivity index (χ1n) is 11.0. The van der Waals surface area contributed by atoms with Gasteiger partial charge in [-0.15, -0.1) is 0 Å². The van der Waals surface area contributed by atoms with Crippen LogP contribution in [0, 0.1) is 11.8 Å². The first-order valence-corrected chi connectivity index (χ1v) is 11.9. The number of benzene rings is 1. The van der Waals surface area contributed by atoms with Crippen LogP contribution < -0.4 is 5.73 Å². The normalized spacial score (nSPS) is 28.8. The fraction of sp³-hybridized carbons (Fsp3) is 0.458. The molecule has 0 radical (unpaired) electrons.